The van der Waals surface area contributed by atoms with Crippen LogP contribution in [0.3, 0.4) is 0 Å². The third-order valence-corrected chi connectivity index (χ3v) is 4.33. The van der Waals surface area contributed by atoms with E-state index in [0.717, 1.165) is 22.4 Å². The number of nitrogens with zero attached hydrogens (tertiary/aromatic N) is 1. The molecule has 0 unspecified atom stereocenters. The van der Waals surface area contributed by atoms with E-state index in [1.807, 2.05) is 109 Å². The van der Waals surface area contributed by atoms with Crippen molar-refractivity contribution in [1.29, 1.82) is 0 Å². The molecule has 0 aromatic heterocycles. The van der Waals surface area contributed by atoms with Crippen molar-refractivity contribution in [3.05, 3.63) is 114 Å². The van der Waals surface area contributed by atoms with E-state index in [9.17, 15) is 4.79 Å². The minimum atomic E-state index is -0.182. The van der Waals surface area contributed by atoms with E-state index in [1.54, 1.807) is 7.11 Å². The lowest BCUT2D eigenvalue weighted by Crippen LogP contribution is -2.20. The maximum atomic E-state index is 12.3. The van der Waals surface area contributed by atoms with Gasteiger partial charge in [0.1, 0.15) is 5.75 Å². The number of methoxy groups -OCH3 is 1. The summed E-state index contributed by atoms with van der Waals surface area (Å²) in [5.74, 6) is 0.579. The molecule has 0 aliphatic heterocycles. The minimum absolute atomic E-state index is 0.182. The van der Waals surface area contributed by atoms with Gasteiger partial charge in [0.15, 0.2) is 0 Å². The van der Waals surface area contributed by atoms with Crippen LogP contribution < -0.4 is 10.2 Å². The molecule has 4 heteroatoms. The van der Waals surface area contributed by atoms with E-state index in [1.165, 1.54) is 0 Å². The molecule has 0 heterocycles. The smallest absolute Gasteiger partial charge is 0.244 e. The monoisotopic (exact) mass is 396 g/mol. The Morgan fingerprint density at radius 2 is 1.37 bits per heavy atom. The number of ether oxygens (including phenoxy) is 1. The van der Waals surface area contributed by atoms with Gasteiger partial charge in [-0.1, -0.05) is 84.9 Å². The van der Waals surface area contributed by atoms with Gasteiger partial charge in [-0.15, -0.1) is 0 Å². The van der Waals surface area contributed by atoms with Gasteiger partial charge in [-0.2, -0.15) is 5.10 Å². The summed E-state index contributed by atoms with van der Waals surface area (Å²) in [6.45, 7) is 0. The number of nitrogens with one attached hydrogen (secondary N) is 1. The van der Waals surface area contributed by atoms with Crippen LogP contribution in [0.2, 0.25) is 0 Å². The fourth-order valence-corrected chi connectivity index (χ4v) is 2.72. The molecule has 4 nitrogen and oxygen atoms in total. The number of carbonyl (C=O) groups excluding carboxylic acids is 1. The Hall–Kier alpha value is -3.92. The SMILES string of the molecule is COc1ccc(CC(=O)NN=C(/C=C\c2ccccc2)/C=C/c2ccccc2)cc1. The normalized spacial score (nSPS) is 11.7. The Balaban J connectivity index is 1.70. The molecule has 0 fully saturated rings. The molecule has 0 saturated heterocycles. The zero-order valence-electron chi connectivity index (χ0n) is 16.9. The summed E-state index contributed by atoms with van der Waals surface area (Å²) < 4.78 is 5.14. The zero-order valence-corrected chi connectivity index (χ0v) is 16.9. The summed E-state index contributed by atoms with van der Waals surface area (Å²) in [4.78, 5) is 12.3. The van der Waals surface area contributed by atoms with E-state index < -0.39 is 0 Å². The Morgan fingerprint density at radius 1 is 0.833 bits per heavy atom. The summed E-state index contributed by atoms with van der Waals surface area (Å²) in [7, 11) is 1.61. The molecule has 0 atom stereocenters. The van der Waals surface area contributed by atoms with Crippen molar-refractivity contribution in [3.8, 4) is 5.75 Å². The number of hydrazone groups is 1. The van der Waals surface area contributed by atoms with Gasteiger partial charge in [-0.05, 0) is 41.0 Å². The first-order valence-electron chi connectivity index (χ1n) is 9.68. The molecule has 3 aromatic carbocycles. The van der Waals surface area contributed by atoms with E-state index in [-0.39, 0.29) is 12.3 Å². The average molecular weight is 396 g/mol. The van der Waals surface area contributed by atoms with Gasteiger partial charge in [0, 0.05) is 0 Å². The first kappa shape index (κ1) is 20.8. The molecule has 30 heavy (non-hydrogen) atoms. The number of hydrogen-bond acceptors (Lipinski definition) is 3. The number of amides is 1. The van der Waals surface area contributed by atoms with E-state index >= 15 is 0 Å². The molecule has 0 saturated carbocycles. The van der Waals surface area contributed by atoms with Gasteiger partial charge in [0.05, 0.1) is 19.2 Å². The highest BCUT2D eigenvalue weighted by Gasteiger charge is 2.03. The molecule has 3 aromatic rings. The van der Waals surface area contributed by atoms with Crippen molar-refractivity contribution < 1.29 is 9.53 Å². The second-order valence-electron chi connectivity index (χ2n) is 6.58. The third kappa shape index (κ3) is 6.91. The second-order valence-corrected chi connectivity index (χ2v) is 6.58. The lowest BCUT2D eigenvalue weighted by molar-refractivity contribution is -0.120. The Kier molecular flexibility index (Phi) is 7.75. The summed E-state index contributed by atoms with van der Waals surface area (Å²) >= 11 is 0. The largest absolute Gasteiger partial charge is 0.497 e. The predicted molar refractivity (Wildman–Crippen MR) is 123 cm³/mol. The van der Waals surface area contributed by atoms with Gasteiger partial charge >= 0.3 is 0 Å². The van der Waals surface area contributed by atoms with Crippen molar-refractivity contribution >= 4 is 23.8 Å². The maximum Gasteiger partial charge on any atom is 0.244 e. The van der Waals surface area contributed by atoms with Gasteiger partial charge in [-0.25, -0.2) is 5.43 Å². The predicted octanol–water partition coefficient (Wildman–Crippen LogP) is 5.14. The van der Waals surface area contributed by atoms with E-state index in [0.29, 0.717) is 5.71 Å². The molecule has 3 rings (SSSR count). The zero-order chi connectivity index (χ0) is 21.0. The van der Waals surface area contributed by atoms with Crippen LogP contribution in [-0.4, -0.2) is 18.7 Å². The van der Waals surface area contributed by atoms with Crippen LogP contribution in [0.5, 0.6) is 5.75 Å². The fourth-order valence-electron chi connectivity index (χ4n) is 2.72. The standard InChI is InChI=1S/C26H24N2O2/c1-30-25-18-14-23(15-19-25)20-26(29)28-27-24(16-12-21-8-4-2-5-9-21)17-13-22-10-6-3-7-11-22/h2-19H,20H2,1H3,(H,28,29)/b16-12-,17-13+,27-24?. The summed E-state index contributed by atoms with van der Waals surface area (Å²) in [6, 6.07) is 27.3. The van der Waals surface area contributed by atoms with Crippen molar-refractivity contribution in [2.24, 2.45) is 5.10 Å². The number of allylic oxidation sites excluding steroid dienone is 2. The molecule has 150 valence electrons. The second kappa shape index (κ2) is 11.2. The van der Waals surface area contributed by atoms with Gasteiger partial charge in [0.25, 0.3) is 0 Å². The van der Waals surface area contributed by atoms with Crippen LogP contribution in [-0.2, 0) is 11.2 Å². The van der Waals surface area contributed by atoms with E-state index in [2.05, 4.69) is 10.5 Å². The minimum Gasteiger partial charge on any atom is -0.497 e. The van der Waals surface area contributed by atoms with E-state index in [4.69, 9.17) is 4.74 Å². The molecule has 1 amide bonds. The first-order chi connectivity index (χ1) is 14.7. The quantitative estimate of drug-likeness (QED) is 0.424. The molecule has 0 bridgehead atoms. The molecule has 0 radical (unpaired) electrons. The molecular weight excluding hydrogens is 372 g/mol. The highest BCUT2D eigenvalue weighted by atomic mass is 16.5. The Labute approximate surface area is 177 Å². The van der Waals surface area contributed by atoms with Crippen molar-refractivity contribution in [2.75, 3.05) is 7.11 Å². The summed E-state index contributed by atoms with van der Waals surface area (Å²) in [5.41, 5.74) is 6.30. The lowest BCUT2D eigenvalue weighted by atomic mass is 10.1. The Bertz CT molecular complexity index is 970. The lowest BCUT2D eigenvalue weighted by Gasteiger charge is -2.03. The number of carbonyl (C=O) groups is 1. The number of rotatable bonds is 8. The molecule has 1 N–H and O–H groups in total. The molecular formula is C26H24N2O2. The fraction of sp³-hybridized carbons (Fsp3) is 0.0769. The van der Waals surface area contributed by atoms with Crippen molar-refractivity contribution in [3.63, 3.8) is 0 Å². The third-order valence-electron chi connectivity index (χ3n) is 4.33. The number of hydrogen-bond donors (Lipinski definition) is 1. The van der Waals surface area contributed by atoms with Crippen molar-refractivity contribution in [1.82, 2.24) is 5.43 Å². The van der Waals surface area contributed by atoms with Crippen LogP contribution in [0.1, 0.15) is 16.7 Å². The molecule has 0 aliphatic carbocycles. The van der Waals surface area contributed by atoms with Crippen molar-refractivity contribution in [2.45, 2.75) is 6.42 Å². The Morgan fingerprint density at radius 3 is 1.87 bits per heavy atom. The molecule has 0 aliphatic rings. The first-order valence-corrected chi connectivity index (χ1v) is 9.68. The average Bonchev–Trinajstić information content (AvgIpc) is 2.80. The topological polar surface area (TPSA) is 50.7 Å². The van der Waals surface area contributed by atoms with Gasteiger partial charge < -0.3 is 4.74 Å². The van der Waals surface area contributed by atoms with Crippen LogP contribution in [0.15, 0.2) is 102 Å². The van der Waals surface area contributed by atoms with Crippen LogP contribution in [0, 0.1) is 0 Å². The van der Waals surface area contributed by atoms with Gasteiger partial charge in [-0.3, -0.25) is 4.79 Å². The maximum absolute atomic E-state index is 12.3. The highest BCUT2D eigenvalue weighted by molar-refractivity contribution is 6.08. The molecule has 0 spiro atoms. The number of benzene rings is 3. The summed E-state index contributed by atoms with van der Waals surface area (Å²) in [5, 5.41) is 4.30. The summed E-state index contributed by atoms with van der Waals surface area (Å²) in [6.07, 6.45) is 7.92. The van der Waals surface area contributed by atoms with Crippen LogP contribution in [0.25, 0.3) is 12.2 Å². The highest BCUT2D eigenvalue weighted by Crippen LogP contribution is 2.11. The van der Waals surface area contributed by atoms with Crippen LogP contribution in [0.4, 0.5) is 0 Å². The van der Waals surface area contributed by atoms with Crippen LogP contribution >= 0.6 is 0 Å². The van der Waals surface area contributed by atoms with Gasteiger partial charge in [0.2, 0.25) is 5.91 Å².